The SMILES string of the molecule is CCOC(=O)c1cnn(-c2cccc(NC(=O)CSc3nnnn3C3CC3)c2)c1C. The highest BCUT2D eigenvalue weighted by Gasteiger charge is 2.28. The molecule has 3 aromatic rings. The van der Waals surface area contributed by atoms with Gasteiger partial charge in [0.1, 0.15) is 5.56 Å². The summed E-state index contributed by atoms with van der Waals surface area (Å²) in [6.07, 6.45) is 3.63. The zero-order valence-corrected chi connectivity index (χ0v) is 17.4. The summed E-state index contributed by atoms with van der Waals surface area (Å²) < 4.78 is 8.47. The van der Waals surface area contributed by atoms with Crippen molar-refractivity contribution in [3.63, 3.8) is 0 Å². The first-order chi connectivity index (χ1) is 14.6. The van der Waals surface area contributed by atoms with Crippen molar-refractivity contribution in [3.8, 4) is 5.69 Å². The number of carbonyl (C=O) groups is 2. The molecule has 0 atom stereocenters. The maximum absolute atomic E-state index is 12.4. The molecule has 1 fully saturated rings. The summed E-state index contributed by atoms with van der Waals surface area (Å²) in [6, 6.07) is 7.62. The lowest BCUT2D eigenvalue weighted by molar-refractivity contribution is -0.113. The maximum Gasteiger partial charge on any atom is 0.341 e. The molecule has 1 aromatic carbocycles. The van der Waals surface area contributed by atoms with Gasteiger partial charge in [-0.1, -0.05) is 17.8 Å². The zero-order chi connectivity index (χ0) is 21.1. The zero-order valence-electron chi connectivity index (χ0n) is 16.6. The Morgan fingerprint density at radius 3 is 2.93 bits per heavy atom. The van der Waals surface area contributed by atoms with E-state index in [0.717, 1.165) is 18.5 Å². The Labute approximate surface area is 177 Å². The molecule has 1 N–H and O–H groups in total. The predicted molar refractivity (Wildman–Crippen MR) is 110 cm³/mol. The van der Waals surface area contributed by atoms with Crippen LogP contribution in [0.3, 0.4) is 0 Å². The van der Waals surface area contributed by atoms with Gasteiger partial charge in [0.2, 0.25) is 11.1 Å². The smallest absolute Gasteiger partial charge is 0.341 e. The largest absolute Gasteiger partial charge is 0.462 e. The average molecular weight is 427 g/mol. The molecule has 30 heavy (non-hydrogen) atoms. The Balaban J connectivity index is 1.41. The van der Waals surface area contributed by atoms with Gasteiger partial charge in [-0.05, 0) is 55.3 Å². The first-order valence-corrected chi connectivity index (χ1v) is 10.6. The number of anilines is 1. The molecule has 1 saturated carbocycles. The van der Waals surface area contributed by atoms with Crippen LogP contribution in [0, 0.1) is 6.92 Å². The van der Waals surface area contributed by atoms with Crippen LogP contribution in [-0.2, 0) is 9.53 Å². The molecule has 1 aliphatic rings. The number of nitrogens with zero attached hydrogens (tertiary/aromatic N) is 6. The van der Waals surface area contributed by atoms with E-state index in [9.17, 15) is 9.59 Å². The number of carbonyl (C=O) groups excluding carboxylic acids is 2. The fourth-order valence-corrected chi connectivity index (χ4v) is 3.69. The van der Waals surface area contributed by atoms with E-state index in [0.29, 0.717) is 34.7 Å². The van der Waals surface area contributed by atoms with E-state index in [1.807, 2.05) is 12.1 Å². The highest BCUT2D eigenvalue weighted by Crippen LogP contribution is 2.36. The number of aromatic nitrogens is 6. The summed E-state index contributed by atoms with van der Waals surface area (Å²) in [5.41, 5.74) is 2.44. The number of amides is 1. The minimum atomic E-state index is -0.406. The lowest BCUT2D eigenvalue weighted by atomic mass is 10.2. The van der Waals surface area contributed by atoms with E-state index < -0.39 is 5.97 Å². The van der Waals surface area contributed by atoms with Crippen LogP contribution in [0.4, 0.5) is 5.69 Å². The van der Waals surface area contributed by atoms with Gasteiger partial charge in [0, 0.05) is 5.69 Å². The highest BCUT2D eigenvalue weighted by atomic mass is 32.2. The molecule has 2 heterocycles. The van der Waals surface area contributed by atoms with Gasteiger partial charge in [-0.2, -0.15) is 5.10 Å². The topological polar surface area (TPSA) is 117 Å². The fraction of sp³-hybridized carbons (Fsp3) is 0.368. The number of nitrogens with one attached hydrogen (secondary N) is 1. The van der Waals surface area contributed by atoms with Crippen molar-refractivity contribution in [1.82, 2.24) is 30.0 Å². The Kier molecular flexibility index (Phi) is 5.79. The van der Waals surface area contributed by atoms with Gasteiger partial charge in [-0.25, -0.2) is 14.2 Å². The molecule has 0 radical (unpaired) electrons. The third-order valence-electron chi connectivity index (χ3n) is 4.57. The summed E-state index contributed by atoms with van der Waals surface area (Å²) in [6.45, 7) is 3.86. The van der Waals surface area contributed by atoms with Gasteiger partial charge < -0.3 is 10.1 Å². The van der Waals surface area contributed by atoms with Crippen LogP contribution >= 0.6 is 11.8 Å². The number of esters is 1. The van der Waals surface area contributed by atoms with E-state index >= 15 is 0 Å². The molecular formula is C19H21N7O3S. The first-order valence-electron chi connectivity index (χ1n) is 9.59. The molecule has 4 rings (SSSR count). The number of hydrogen-bond donors (Lipinski definition) is 1. The Morgan fingerprint density at radius 2 is 2.17 bits per heavy atom. The molecule has 11 heteroatoms. The Hall–Kier alpha value is -3.21. The summed E-state index contributed by atoms with van der Waals surface area (Å²) in [5.74, 6) is -0.367. The maximum atomic E-state index is 12.4. The van der Waals surface area contributed by atoms with E-state index in [2.05, 4.69) is 25.9 Å². The van der Waals surface area contributed by atoms with Crippen molar-refractivity contribution >= 4 is 29.3 Å². The second kappa shape index (κ2) is 8.66. The lowest BCUT2D eigenvalue weighted by Gasteiger charge is -2.09. The van der Waals surface area contributed by atoms with Crippen LogP contribution in [0.25, 0.3) is 5.69 Å². The van der Waals surface area contributed by atoms with Crippen LogP contribution in [0.2, 0.25) is 0 Å². The second-order valence-corrected chi connectivity index (χ2v) is 7.74. The molecule has 0 aliphatic heterocycles. The summed E-state index contributed by atoms with van der Waals surface area (Å²) in [5, 5.41) is 19.5. The molecular weight excluding hydrogens is 406 g/mol. The van der Waals surface area contributed by atoms with Gasteiger partial charge in [0.05, 0.1) is 36.0 Å². The van der Waals surface area contributed by atoms with Crippen molar-refractivity contribution in [2.75, 3.05) is 17.7 Å². The predicted octanol–water partition coefficient (Wildman–Crippen LogP) is 2.41. The number of tetrazole rings is 1. The third kappa shape index (κ3) is 4.35. The van der Waals surface area contributed by atoms with Gasteiger partial charge >= 0.3 is 5.97 Å². The monoisotopic (exact) mass is 427 g/mol. The molecule has 156 valence electrons. The molecule has 2 aromatic heterocycles. The second-order valence-electron chi connectivity index (χ2n) is 6.80. The molecule has 1 amide bonds. The van der Waals surface area contributed by atoms with Gasteiger partial charge in [-0.3, -0.25) is 4.79 Å². The van der Waals surface area contributed by atoms with Crippen molar-refractivity contribution in [2.24, 2.45) is 0 Å². The summed E-state index contributed by atoms with van der Waals surface area (Å²) in [4.78, 5) is 24.4. The van der Waals surface area contributed by atoms with Gasteiger partial charge in [-0.15, -0.1) is 5.10 Å². The standard InChI is InChI=1S/C19H21N7O3S/c1-3-29-18(28)16-10-20-25(12(16)2)15-6-4-5-13(9-15)21-17(27)11-30-19-22-23-24-26(19)14-7-8-14/h4-6,9-10,14H,3,7-8,11H2,1-2H3,(H,21,27). The molecule has 0 unspecified atom stereocenters. The number of rotatable bonds is 8. The summed E-state index contributed by atoms with van der Waals surface area (Å²) in [7, 11) is 0. The van der Waals surface area contributed by atoms with Gasteiger partial charge in [0.15, 0.2) is 0 Å². The van der Waals surface area contributed by atoms with Crippen LogP contribution in [-0.4, -0.2) is 54.2 Å². The van der Waals surface area contributed by atoms with E-state index in [1.54, 1.807) is 35.3 Å². The number of thioether (sulfide) groups is 1. The molecule has 10 nitrogen and oxygen atoms in total. The van der Waals surface area contributed by atoms with Crippen molar-refractivity contribution in [1.29, 1.82) is 0 Å². The Bertz CT molecular complexity index is 1070. The lowest BCUT2D eigenvalue weighted by Crippen LogP contribution is -2.15. The molecule has 0 bridgehead atoms. The average Bonchev–Trinajstić information content (AvgIpc) is 3.34. The minimum absolute atomic E-state index is 0.160. The van der Waals surface area contributed by atoms with Crippen LogP contribution in [0.15, 0.2) is 35.6 Å². The molecule has 0 spiro atoms. The molecule has 0 saturated heterocycles. The third-order valence-corrected chi connectivity index (χ3v) is 5.50. The van der Waals surface area contributed by atoms with E-state index in [-0.39, 0.29) is 11.7 Å². The minimum Gasteiger partial charge on any atom is -0.462 e. The number of ether oxygens (including phenoxy) is 1. The van der Waals surface area contributed by atoms with Gasteiger partial charge in [0.25, 0.3) is 0 Å². The summed E-state index contributed by atoms with van der Waals surface area (Å²) >= 11 is 1.31. The number of benzene rings is 1. The normalized spacial score (nSPS) is 13.3. The van der Waals surface area contributed by atoms with Crippen LogP contribution in [0.5, 0.6) is 0 Å². The van der Waals surface area contributed by atoms with E-state index in [4.69, 9.17) is 4.74 Å². The van der Waals surface area contributed by atoms with Crippen molar-refractivity contribution in [2.45, 2.75) is 37.9 Å². The van der Waals surface area contributed by atoms with Crippen molar-refractivity contribution < 1.29 is 14.3 Å². The van der Waals surface area contributed by atoms with Crippen molar-refractivity contribution in [3.05, 3.63) is 41.7 Å². The first kappa shape index (κ1) is 20.1. The van der Waals surface area contributed by atoms with E-state index in [1.165, 1.54) is 18.0 Å². The number of hydrogen-bond acceptors (Lipinski definition) is 8. The van der Waals surface area contributed by atoms with Crippen LogP contribution < -0.4 is 5.32 Å². The molecule has 1 aliphatic carbocycles. The fourth-order valence-electron chi connectivity index (χ4n) is 2.95. The highest BCUT2D eigenvalue weighted by molar-refractivity contribution is 7.99. The quantitative estimate of drug-likeness (QED) is 0.430. The van der Waals surface area contributed by atoms with Crippen LogP contribution in [0.1, 0.15) is 41.9 Å². The Morgan fingerprint density at radius 1 is 1.33 bits per heavy atom.